The minimum atomic E-state index is -0.622. The third-order valence-corrected chi connectivity index (χ3v) is 3.90. The van der Waals surface area contributed by atoms with E-state index in [0.717, 1.165) is 12.8 Å². The lowest BCUT2D eigenvalue weighted by Gasteiger charge is -2.24. The molecular formula is C9H13NO3. The Labute approximate surface area is 76.3 Å². The van der Waals surface area contributed by atoms with Crippen LogP contribution in [-0.4, -0.2) is 30.0 Å². The van der Waals surface area contributed by atoms with Crippen LogP contribution >= 0.6 is 0 Å². The lowest BCUT2D eigenvalue weighted by molar-refractivity contribution is -0.139. The highest BCUT2D eigenvalue weighted by molar-refractivity contribution is 5.75. The van der Waals surface area contributed by atoms with Gasteiger partial charge in [-0.3, -0.25) is 10.1 Å². The van der Waals surface area contributed by atoms with Crippen LogP contribution in [0.25, 0.3) is 0 Å². The van der Waals surface area contributed by atoms with E-state index < -0.39 is 5.97 Å². The first-order chi connectivity index (χ1) is 6.25. The van der Waals surface area contributed by atoms with E-state index in [2.05, 4.69) is 5.32 Å². The average Bonchev–Trinajstić information content (AvgIpc) is 2.49. The molecule has 3 fully saturated rings. The summed E-state index contributed by atoms with van der Waals surface area (Å²) >= 11 is 0. The molecule has 2 saturated carbocycles. The van der Waals surface area contributed by atoms with Gasteiger partial charge in [0.05, 0.1) is 19.3 Å². The van der Waals surface area contributed by atoms with Crippen LogP contribution < -0.4 is 5.32 Å². The molecule has 0 amide bonds. The number of hydrogen-bond acceptors (Lipinski definition) is 3. The molecule has 1 heterocycles. The molecule has 1 spiro atoms. The highest BCUT2D eigenvalue weighted by Gasteiger charge is 2.69. The fourth-order valence-electron chi connectivity index (χ4n) is 3.27. The predicted molar refractivity (Wildman–Crippen MR) is 44.0 cm³/mol. The number of fused-ring (bicyclic) bond motifs is 2. The monoisotopic (exact) mass is 183 g/mol. The van der Waals surface area contributed by atoms with Crippen molar-refractivity contribution in [2.45, 2.75) is 18.4 Å². The van der Waals surface area contributed by atoms with Gasteiger partial charge in [-0.1, -0.05) is 0 Å². The minimum absolute atomic E-state index is 0.0216. The van der Waals surface area contributed by atoms with Crippen molar-refractivity contribution < 1.29 is 14.6 Å². The molecule has 4 heteroatoms. The Hall–Kier alpha value is -0.610. The van der Waals surface area contributed by atoms with Gasteiger partial charge in [0.2, 0.25) is 0 Å². The zero-order valence-electron chi connectivity index (χ0n) is 7.32. The van der Waals surface area contributed by atoms with Gasteiger partial charge in [-0.25, -0.2) is 0 Å². The van der Waals surface area contributed by atoms with Crippen LogP contribution in [0.5, 0.6) is 0 Å². The first-order valence-electron chi connectivity index (χ1n) is 4.80. The van der Waals surface area contributed by atoms with Crippen LogP contribution in [0.15, 0.2) is 0 Å². The maximum Gasteiger partial charge on any atom is 0.307 e. The Morgan fingerprint density at radius 2 is 2.46 bits per heavy atom. The average molecular weight is 183 g/mol. The topological polar surface area (TPSA) is 58.6 Å². The van der Waals surface area contributed by atoms with E-state index in [4.69, 9.17) is 9.84 Å². The van der Waals surface area contributed by atoms with Crippen LogP contribution in [0.3, 0.4) is 0 Å². The molecule has 1 aliphatic heterocycles. The summed E-state index contributed by atoms with van der Waals surface area (Å²) in [5.41, 5.74) is 0.0216. The molecule has 1 saturated heterocycles. The molecule has 2 aliphatic carbocycles. The molecule has 0 aromatic carbocycles. The van der Waals surface area contributed by atoms with Crippen molar-refractivity contribution in [2.75, 3.05) is 13.3 Å². The largest absolute Gasteiger partial charge is 0.481 e. The number of ether oxygens (including phenoxy) is 1. The Morgan fingerprint density at radius 3 is 3.00 bits per heavy atom. The standard InChI is InChI=1S/C9H13NO3/c11-8(12)6-5-1-2-9(7(5)6)3-13-4-10-9/h5-7,10H,1-4H2,(H,11,12). The summed E-state index contributed by atoms with van der Waals surface area (Å²) in [4.78, 5) is 10.8. The quantitative estimate of drug-likeness (QED) is 0.602. The summed E-state index contributed by atoms with van der Waals surface area (Å²) in [6.07, 6.45) is 2.14. The van der Waals surface area contributed by atoms with E-state index in [9.17, 15) is 4.79 Å². The summed E-state index contributed by atoms with van der Waals surface area (Å²) in [6.45, 7) is 1.30. The van der Waals surface area contributed by atoms with E-state index in [1.807, 2.05) is 0 Å². The first kappa shape index (κ1) is 7.76. The SMILES string of the molecule is O=C(O)C1C2CCC3(COCN3)C21. The Bertz CT molecular complexity index is 254. The van der Waals surface area contributed by atoms with Gasteiger partial charge < -0.3 is 9.84 Å². The zero-order chi connectivity index (χ0) is 9.05. The van der Waals surface area contributed by atoms with E-state index in [1.165, 1.54) is 0 Å². The number of carboxylic acids is 1. The van der Waals surface area contributed by atoms with Crippen molar-refractivity contribution in [3.63, 3.8) is 0 Å². The van der Waals surface area contributed by atoms with Gasteiger partial charge in [0.25, 0.3) is 0 Å². The van der Waals surface area contributed by atoms with Crippen LogP contribution in [0.1, 0.15) is 12.8 Å². The Balaban J connectivity index is 1.83. The second-order valence-electron chi connectivity index (χ2n) is 4.42. The predicted octanol–water partition coefficient (Wildman–Crippen LogP) is 0.0431. The summed E-state index contributed by atoms with van der Waals surface area (Å²) < 4.78 is 5.30. The van der Waals surface area contributed by atoms with Gasteiger partial charge in [-0.05, 0) is 24.7 Å². The maximum absolute atomic E-state index is 10.8. The van der Waals surface area contributed by atoms with Crippen LogP contribution in [0.4, 0.5) is 0 Å². The van der Waals surface area contributed by atoms with Crippen molar-refractivity contribution in [3.8, 4) is 0 Å². The molecule has 3 rings (SSSR count). The number of carboxylic acid groups (broad SMARTS) is 1. The zero-order valence-corrected chi connectivity index (χ0v) is 7.32. The molecule has 4 unspecified atom stereocenters. The maximum atomic E-state index is 10.8. The van der Waals surface area contributed by atoms with Crippen LogP contribution in [-0.2, 0) is 9.53 Å². The first-order valence-corrected chi connectivity index (χ1v) is 4.80. The van der Waals surface area contributed by atoms with Crippen molar-refractivity contribution >= 4 is 5.97 Å². The normalized spacial score (nSPS) is 52.5. The van der Waals surface area contributed by atoms with E-state index in [0.29, 0.717) is 25.2 Å². The van der Waals surface area contributed by atoms with Crippen molar-refractivity contribution in [1.82, 2.24) is 5.32 Å². The van der Waals surface area contributed by atoms with E-state index in [-0.39, 0.29) is 11.5 Å². The third-order valence-electron chi connectivity index (χ3n) is 3.90. The van der Waals surface area contributed by atoms with Crippen LogP contribution in [0.2, 0.25) is 0 Å². The molecule has 3 aliphatic rings. The highest BCUT2D eigenvalue weighted by atomic mass is 16.5. The van der Waals surface area contributed by atoms with Gasteiger partial charge in [0, 0.05) is 5.54 Å². The number of carbonyl (C=O) groups is 1. The molecule has 0 aromatic heterocycles. The molecule has 4 atom stereocenters. The fraction of sp³-hybridized carbons (Fsp3) is 0.889. The number of nitrogens with one attached hydrogen (secondary N) is 1. The smallest absolute Gasteiger partial charge is 0.307 e. The van der Waals surface area contributed by atoms with Gasteiger partial charge >= 0.3 is 5.97 Å². The third kappa shape index (κ3) is 0.849. The second kappa shape index (κ2) is 2.25. The number of rotatable bonds is 1. The highest BCUT2D eigenvalue weighted by Crippen LogP contribution is 2.62. The van der Waals surface area contributed by atoms with Crippen molar-refractivity contribution in [1.29, 1.82) is 0 Å². The molecule has 2 N–H and O–H groups in total. The van der Waals surface area contributed by atoms with Gasteiger partial charge in [0.15, 0.2) is 0 Å². The summed E-state index contributed by atoms with van der Waals surface area (Å²) in [7, 11) is 0. The van der Waals surface area contributed by atoms with Crippen LogP contribution in [0, 0.1) is 17.8 Å². The molecule has 0 aromatic rings. The van der Waals surface area contributed by atoms with Crippen molar-refractivity contribution in [3.05, 3.63) is 0 Å². The lowest BCUT2D eigenvalue weighted by Crippen LogP contribution is -2.43. The van der Waals surface area contributed by atoms with Gasteiger partial charge in [-0.15, -0.1) is 0 Å². The molecular weight excluding hydrogens is 170 g/mol. The fourth-order valence-corrected chi connectivity index (χ4v) is 3.27. The summed E-state index contributed by atoms with van der Waals surface area (Å²) in [5.74, 6) is 0.0462. The van der Waals surface area contributed by atoms with Gasteiger partial charge in [0.1, 0.15) is 0 Å². The van der Waals surface area contributed by atoms with Gasteiger partial charge in [-0.2, -0.15) is 0 Å². The number of aliphatic carboxylic acids is 1. The summed E-state index contributed by atoms with van der Waals surface area (Å²) in [5, 5.41) is 12.3. The molecule has 72 valence electrons. The minimum Gasteiger partial charge on any atom is -0.481 e. The molecule has 4 nitrogen and oxygen atoms in total. The lowest BCUT2D eigenvalue weighted by atomic mass is 9.92. The Kier molecular flexibility index (Phi) is 1.34. The number of hydrogen-bond donors (Lipinski definition) is 2. The Morgan fingerprint density at radius 1 is 1.62 bits per heavy atom. The van der Waals surface area contributed by atoms with Crippen molar-refractivity contribution in [2.24, 2.45) is 17.8 Å². The second-order valence-corrected chi connectivity index (χ2v) is 4.42. The molecule has 13 heavy (non-hydrogen) atoms. The molecule has 0 bridgehead atoms. The molecule has 0 radical (unpaired) electrons. The summed E-state index contributed by atoms with van der Waals surface area (Å²) in [6, 6.07) is 0. The van der Waals surface area contributed by atoms with E-state index >= 15 is 0 Å². The van der Waals surface area contributed by atoms with E-state index in [1.54, 1.807) is 0 Å².